The summed E-state index contributed by atoms with van der Waals surface area (Å²) in [6, 6.07) is 11.4. The fourth-order valence-electron chi connectivity index (χ4n) is 1.82. The zero-order valence-electron chi connectivity index (χ0n) is 11.1. The van der Waals surface area contributed by atoms with Crippen molar-refractivity contribution in [2.24, 2.45) is 0 Å². The van der Waals surface area contributed by atoms with Crippen LogP contribution in [0.15, 0.2) is 47.4 Å². The van der Waals surface area contributed by atoms with Gasteiger partial charge in [0.1, 0.15) is 11.4 Å². The van der Waals surface area contributed by atoms with Crippen molar-refractivity contribution in [3.63, 3.8) is 0 Å². The maximum Gasteiger partial charge on any atom is 0.318 e. The minimum Gasteiger partial charge on any atom is -0.480 e. The summed E-state index contributed by atoms with van der Waals surface area (Å²) in [4.78, 5) is 10.3. The van der Waals surface area contributed by atoms with Gasteiger partial charge in [-0.05, 0) is 23.8 Å². The van der Waals surface area contributed by atoms with Crippen molar-refractivity contribution in [1.82, 2.24) is 4.72 Å². The van der Waals surface area contributed by atoms with Crippen LogP contribution < -0.4 is 4.72 Å². The molecule has 0 amide bonds. The molecule has 0 heterocycles. The summed E-state index contributed by atoms with van der Waals surface area (Å²) in [5.41, 5.74) is 1.38. The summed E-state index contributed by atoms with van der Waals surface area (Å²) in [5.74, 6) is -1.28. The maximum atomic E-state index is 12.0. The van der Waals surface area contributed by atoms with Crippen LogP contribution in [0.5, 0.6) is 0 Å². The number of aliphatic carboxylic acids is 1. The number of rotatable bonds is 5. The van der Waals surface area contributed by atoms with Gasteiger partial charge in [0.25, 0.3) is 0 Å². The Balaban J connectivity index is 2.39. The van der Waals surface area contributed by atoms with E-state index in [4.69, 9.17) is 28.3 Å². The van der Waals surface area contributed by atoms with Crippen molar-refractivity contribution >= 4 is 39.2 Å². The minimum atomic E-state index is -3.99. The van der Waals surface area contributed by atoms with Crippen molar-refractivity contribution in [2.75, 3.05) is 6.54 Å². The van der Waals surface area contributed by atoms with Crippen molar-refractivity contribution in [3.05, 3.63) is 52.5 Å². The first-order valence-corrected chi connectivity index (χ1v) is 8.31. The molecule has 0 aliphatic carbocycles. The Hall–Kier alpha value is -1.60. The highest BCUT2D eigenvalue weighted by Crippen LogP contribution is 2.32. The van der Waals surface area contributed by atoms with Gasteiger partial charge >= 0.3 is 5.97 Å². The average molecular weight is 360 g/mol. The standard InChI is InChI=1S/C14H11Cl2NO4S/c15-11-4-2-1-3-10(11)9-5-6-13(12(16)7-9)22(20,21)17-8-14(18)19/h1-7,17H,8H2,(H,18,19). The molecular weight excluding hydrogens is 349 g/mol. The van der Waals surface area contributed by atoms with E-state index in [0.717, 1.165) is 0 Å². The number of benzene rings is 2. The molecule has 0 bridgehead atoms. The monoisotopic (exact) mass is 359 g/mol. The molecule has 0 atom stereocenters. The summed E-state index contributed by atoms with van der Waals surface area (Å²) in [5, 5.41) is 9.04. The van der Waals surface area contributed by atoms with Crippen LogP contribution in [0.25, 0.3) is 11.1 Å². The molecule has 5 nitrogen and oxygen atoms in total. The third-order valence-electron chi connectivity index (χ3n) is 2.82. The third-order valence-corrected chi connectivity index (χ3v) is 5.03. The van der Waals surface area contributed by atoms with Gasteiger partial charge in [0.2, 0.25) is 10.0 Å². The zero-order valence-corrected chi connectivity index (χ0v) is 13.4. The van der Waals surface area contributed by atoms with Crippen molar-refractivity contribution in [3.8, 4) is 11.1 Å². The van der Waals surface area contributed by atoms with Gasteiger partial charge in [0.15, 0.2) is 0 Å². The first-order valence-electron chi connectivity index (χ1n) is 6.07. The van der Waals surface area contributed by atoms with Gasteiger partial charge < -0.3 is 5.11 Å². The van der Waals surface area contributed by atoms with Gasteiger partial charge in [-0.1, -0.05) is 47.5 Å². The van der Waals surface area contributed by atoms with E-state index in [0.29, 0.717) is 16.1 Å². The summed E-state index contributed by atoms with van der Waals surface area (Å²) in [7, 11) is -3.99. The number of sulfonamides is 1. The average Bonchev–Trinajstić information content (AvgIpc) is 2.45. The van der Waals surface area contributed by atoms with E-state index in [9.17, 15) is 13.2 Å². The lowest BCUT2D eigenvalue weighted by atomic mass is 10.1. The van der Waals surface area contributed by atoms with Crippen molar-refractivity contribution in [1.29, 1.82) is 0 Å². The van der Waals surface area contributed by atoms with Gasteiger partial charge in [-0.3, -0.25) is 4.79 Å². The molecule has 0 saturated carbocycles. The normalized spacial score (nSPS) is 11.4. The number of carboxylic acids is 1. The maximum absolute atomic E-state index is 12.0. The van der Waals surface area contributed by atoms with E-state index in [1.54, 1.807) is 30.3 Å². The number of hydrogen-bond donors (Lipinski definition) is 2. The summed E-state index contributed by atoms with van der Waals surface area (Å²) < 4.78 is 25.9. The Bertz CT molecular complexity index is 821. The summed E-state index contributed by atoms with van der Waals surface area (Å²) >= 11 is 12.1. The molecule has 0 aliphatic heterocycles. The van der Waals surface area contributed by atoms with E-state index in [1.807, 2.05) is 4.72 Å². The van der Waals surface area contributed by atoms with Crippen LogP contribution >= 0.6 is 23.2 Å². The van der Waals surface area contributed by atoms with Gasteiger partial charge in [-0.2, -0.15) is 4.72 Å². The van der Waals surface area contributed by atoms with E-state index in [1.165, 1.54) is 12.1 Å². The number of carboxylic acid groups (broad SMARTS) is 1. The zero-order chi connectivity index (χ0) is 16.3. The highest BCUT2D eigenvalue weighted by Gasteiger charge is 2.19. The van der Waals surface area contributed by atoms with E-state index in [2.05, 4.69) is 0 Å². The topological polar surface area (TPSA) is 83.5 Å². The summed E-state index contributed by atoms with van der Waals surface area (Å²) in [6.07, 6.45) is 0. The van der Waals surface area contributed by atoms with Crippen LogP contribution in [0.2, 0.25) is 10.0 Å². The lowest BCUT2D eigenvalue weighted by Gasteiger charge is -2.09. The van der Waals surface area contributed by atoms with Crippen molar-refractivity contribution in [2.45, 2.75) is 4.90 Å². The minimum absolute atomic E-state index is 0.0182. The molecule has 0 unspecified atom stereocenters. The smallest absolute Gasteiger partial charge is 0.318 e. The quantitative estimate of drug-likeness (QED) is 0.859. The Morgan fingerprint density at radius 1 is 1.09 bits per heavy atom. The Morgan fingerprint density at radius 3 is 2.36 bits per heavy atom. The lowest BCUT2D eigenvalue weighted by molar-refractivity contribution is -0.135. The Labute approximate surface area is 137 Å². The van der Waals surface area contributed by atoms with Crippen LogP contribution in [0, 0.1) is 0 Å². The number of carbonyl (C=O) groups is 1. The van der Waals surface area contributed by atoms with E-state index in [-0.39, 0.29) is 9.92 Å². The number of hydrogen-bond acceptors (Lipinski definition) is 3. The van der Waals surface area contributed by atoms with Crippen LogP contribution in [0.3, 0.4) is 0 Å². The summed E-state index contributed by atoms with van der Waals surface area (Å²) in [6.45, 7) is -0.717. The third kappa shape index (κ3) is 3.78. The fraction of sp³-hybridized carbons (Fsp3) is 0.0714. The van der Waals surface area contributed by atoms with E-state index >= 15 is 0 Å². The van der Waals surface area contributed by atoms with Crippen LogP contribution in [-0.2, 0) is 14.8 Å². The second-order valence-electron chi connectivity index (χ2n) is 4.34. The van der Waals surface area contributed by atoms with Gasteiger partial charge in [-0.15, -0.1) is 0 Å². The molecule has 0 spiro atoms. The van der Waals surface area contributed by atoms with Gasteiger partial charge in [0.05, 0.1) is 5.02 Å². The molecule has 2 aromatic rings. The first kappa shape index (κ1) is 16.8. The number of halogens is 2. The van der Waals surface area contributed by atoms with Crippen LogP contribution in [-0.4, -0.2) is 26.0 Å². The number of nitrogens with one attached hydrogen (secondary N) is 1. The van der Waals surface area contributed by atoms with Crippen LogP contribution in [0.1, 0.15) is 0 Å². The first-order chi connectivity index (χ1) is 10.3. The second kappa shape index (κ2) is 6.66. The fourth-order valence-corrected chi connectivity index (χ4v) is 3.58. The Kier molecular flexibility index (Phi) is 5.08. The molecule has 0 radical (unpaired) electrons. The largest absolute Gasteiger partial charge is 0.480 e. The molecule has 2 N–H and O–H groups in total. The molecule has 8 heteroatoms. The molecule has 0 aliphatic rings. The molecular formula is C14H11Cl2NO4S. The molecule has 0 fully saturated rings. The van der Waals surface area contributed by atoms with Gasteiger partial charge in [-0.25, -0.2) is 8.42 Å². The lowest BCUT2D eigenvalue weighted by Crippen LogP contribution is -2.29. The second-order valence-corrected chi connectivity index (χ2v) is 6.89. The molecule has 0 saturated heterocycles. The van der Waals surface area contributed by atoms with Crippen molar-refractivity contribution < 1.29 is 18.3 Å². The Morgan fingerprint density at radius 2 is 1.77 bits per heavy atom. The highest BCUT2D eigenvalue weighted by atomic mass is 35.5. The predicted molar refractivity (Wildman–Crippen MR) is 84.7 cm³/mol. The van der Waals surface area contributed by atoms with Gasteiger partial charge in [0, 0.05) is 10.6 Å². The molecule has 116 valence electrons. The SMILES string of the molecule is O=C(O)CNS(=O)(=O)c1ccc(-c2ccccc2Cl)cc1Cl. The van der Waals surface area contributed by atoms with E-state index < -0.39 is 22.5 Å². The molecule has 0 aromatic heterocycles. The molecule has 2 aromatic carbocycles. The molecule has 22 heavy (non-hydrogen) atoms. The highest BCUT2D eigenvalue weighted by molar-refractivity contribution is 7.89. The molecule has 2 rings (SSSR count). The van der Waals surface area contributed by atoms with Crippen LogP contribution in [0.4, 0.5) is 0 Å². The predicted octanol–water partition coefficient (Wildman–Crippen LogP) is 3.02.